The van der Waals surface area contributed by atoms with Gasteiger partial charge in [-0.15, -0.1) is 0 Å². The van der Waals surface area contributed by atoms with Crippen molar-refractivity contribution in [3.63, 3.8) is 0 Å². The van der Waals surface area contributed by atoms with E-state index in [1.807, 2.05) is 36.7 Å². The first-order chi connectivity index (χ1) is 9.93. The summed E-state index contributed by atoms with van der Waals surface area (Å²) in [6, 6.07) is 7.52. The van der Waals surface area contributed by atoms with Gasteiger partial charge >= 0.3 is 0 Å². The van der Waals surface area contributed by atoms with Crippen LogP contribution in [0, 0.1) is 0 Å². The Balaban J connectivity index is 1.98. The number of para-hydroxylation sites is 1. The lowest BCUT2D eigenvalue weighted by Crippen LogP contribution is -2.46. The fourth-order valence-corrected chi connectivity index (χ4v) is 2.35. The van der Waals surface area contributed by atoms with Crippen molar-refractivity contribution in [3.05, 3.63) is 36.0 Å². The second-order valence-corrected chi connectivity index (χ2v) is 7.37. The van der Waals surface area contributed by atoms with Gasteiger partial charge in [0.1, 0.15) is 0 Å². The second kappa shape index (κ2) is 6.54. The number of fused-ring (bicyclic) bond motifs is 1. The Morgan fingerprint density at radius 1 is 1.43 bits per heavy atom. The Morgan fingerprint density at radius 3 is 2.86 bits per heavy atom. The zero-order valence-electron chi connectivity index (χ0n) is 12.8. The van der Waals surface area contributed by atoms with E-state index in [1.54, 1.807) is 11.8 Å². The fraction of sp³-hybridized carbons (Fsp3) is 0.438. The van der Waals surface area contributed by atoms with Gasteiger partial charge in [0.25, 0.3) is 0 Å². The number of carbonyl (C=O) groups is 1. The van der Waals surface area contributed by atoms with Gasteiger partial charge in [-0.1, -0.05) is 18.2 Å². The maximum absolute atomic E-state index is 12.1. The van der Waals surface area contributed by atoms with Crippen molar-refractivity contribution in [3.8, 4) is 0 Å². The molecule has 1 aromatic carbocycles. The van der Waals surface area contributed by atoms with Crippen LogP contribution in [0.3, 0.4) is 0 Å². The van der Waals surface area contributed by atoms with E-state index in [4.69, 9.17) is 5.73 Å². The van der Waals surface area contributed by atoms with Crippen molar-refractivity contribution in [1.29, 1.82) is 0 Å². The number of aromatic nitrogens is 1. The van der Waals surface area contributed by atoms with Crippen LogP contribution in [0.15, 0.2) is 30.5 Å². The van der Waals surface area contributed by atoms with Crippen LogP contribution in [-0.2, 0) is 11.2 Å². The summed E-state index contributed by atoms with van der Waals surface area (Å²) < 4.78 is 0.0240. The van der Waals surface area contributed by atoms with E-state index in [9.17, 15) is 4.79 Å². The number of hydrogen-bond donors (Lipinski definition) is 3. The Kier molecular flexibility index (Phi) is 4.96. The van der Waals surface area contributed by atoms with Gasteiger partial charge in [0.2, 0.25) is 5.91 Å². The molecule has 0 aliphatic heterocycles. The molecule has 0 bridgehead atoms. The lowest BCUT2D eigenvalue weighted by atomic mass is 10.0. The molecule has 5 heteroatoms. The molecule has 2 rings (SSSR count). The van der Waals surface area contributed by atoms with Gasteiger partial charge in [0, 0.05) is 28.4 Å². The molecule has 0 fully saturated rings. The Labute approximate surface area is 129 Å². The molecule has 1 atom stereocenters. The maximum Gasteiger partial charge on any atom is 0.237 e. The third kappa shape index (κ3) is 4.02. The molecule has 114 valence electrons. The van der Waals surface area contributed by atoms with Crippen molar-refractivity contribution < 1.29 is 4.79 Å². The molecule has 1 unspecified atom stereocenters. The van der Waals surface area contributed by atoms with Crippen molar-refractivity contribution in [2.45, 2.75) is 31.1 Å². The largest absolute Gasteiger partial charge is 0.361 e. The molecule has 1 amide bonds. The molecule has 4 nitrogen and oxygen atoms in total. The summed E-state index contributed by atoms with van der Waals surface area (Å²) in [6.45, 7) is 4.82. The molecular weight excluding hydrogens is 282 g/mol. The number of benzene rings is 1. The second-order valence-electron chi connectivity index (χ2n) is 5.85. The number of nitrogens with two attached hydrogens (primary N) is 1. The Bertz CT molecular complexity index is 621. The van der Waals surface area contributed by atoms with E-state index in [-0.39, 0.29) is 10.7 Å². The first kappa shape index (κ1) is 15.9. The molecule has 0 saturated carbocycles. The van der Waals surface area contributed by atoms with Crippen LogP contribution in [0.1, 0.15) is 19.4 Å². The number of aromatic amines is 1. The minimum Gasteiger partial charge on any atom is -0.361 e. The van der Waals surface area contributed by atoms with Gasteiger partial charge in [0.15, 0.2) is 0 Å². The highest BCUT2D eigenvalue weighted by atomic mass is 32.2. The average Bonchev–Trinajstić information content (AvgIpc) is 2.88. The number of H-pyrrole nitrogens is 1. The molecular formula is C16H23N3OS. The summed E-state index contributed by atoms with van der Waals surface area (Å²) >= 11 is 1.73. The SMILES string of the molecule is CSC(C)(C)CNC(=O)C(N)Cc1c[nH]c2ccccc12. The number of carbonyl (C=O) groups excluding carboxylic acids is 1. The standard InChI is InChI=1S/C16H23N3OS/c1-16(2,21-3)10-19-15(20)13(17)8-11-9-18-14-7-5-4-6-12(11)14/h4-7,9,13,18H,8,10,17H2,1-3H3,(H,19,20). The van der Waals surface area contributed by atoms with Crippen molar-refractivity contribution in [1.82, 2.24) is 10.3 Å². The van der Waals surface area contributed by atoms with Gasteiger partial charge in [-0.05, 0) is 38.2 Å². The van der Waals surface area contributed by atoms with Crippen molar-refractivity contribution >= 4 is 28.6 Å². The smallest absolute Gasteiger partial charge is 0.237 e. The van der Waals surface area contributed by atoms with E-state index in [2.05, 4.69) is 24.1 Å². The zero-order chi connectivity index (χ0) is 15.5. The first-order valence-electron chi connectivity index (χ1n) is 7.06. The molecule has 0 aliphatic rings. The van der Waals surface area contributed by atoms with Gasteiger partial charge in [-0.2, -0.15) is 11.8 Å². The van der Waals surface area contributed by atoms with Gasteiger partial charge in [-0.25, -0.2) is 0 Å². The summed E-state index contributed by atoms with van der Waals surface area (Å²) in [5, 5.41) is 4.07. The molecule has 0 radical (unpaired) electrons. The summed E-state index contributed by atoms with van der Waals surface area (Å²) in [7, 11) is 0. The highest BCUT2D eigenvalue weighted by Gasteiger charge is 2.20. The van der Waals surface area contributed by atoms with Gasteiger partial charge in [0.05, 0.1) is 6.04 Å². The minimum atomic E-state index is -0.526. The van der Waals surface area contributed by atoms with Crippen LogP contribution in [0.5, 0.6) is 0 Å². The fourth-order valence-electron chi connectivity index (χ4n) is 2.13. The maximum atomic E-state index is 12.1. The molecule has 1 aromatic heterocycles. The van der Waals surface area contributed by atoms with E-state index in [0.29, 0.717) is 13.0 Å². The van der Waals surface area contributed by atoms with Crippen LogP contribution in [0.25, 0.3) is 10.9 Å². The summed E-state index contributed by atoms with van der Waals surface area (Å²) in [5.74, 6) is -0.0950. The van der Waals surface area contributed by atoms with Crippen LogP contribution in [0.4, 0.5) is 0 Å². The van der Waals surface area contributed by atoms with E-state index in [0.717, 1.165) is 16.5 Å². The number of rotatable bonds is 6. The number of thioether (sulfide) groups is 1. The van der Waals surface area contributed by atoms with Crippen LogP contribution in [0.2, 0.25) is 0 Å². The van der Waals surface area contributed by atoms with Crippen LogP contribution in [-0.4, -0.2) is 34.5 Å². The number of amides is 1. The monoisotopic (exact) mass is 305 g/mol. The predicted octanol–water partition coefficient (Wildman–Crippen LogP) is 2.30. The van der Waals surface area contributed by atoms with Gasteiger partial charge < -0.3 is 16.0 Å². The number of hydrogen-bond acceptors (Lipinski definition) is 3. The molecule has 0 aliphatic carbocycles. The molecule has 1 heterocycles. The van der Waals surface area contributed by atoms with Crippen LogP contribution < -0.4 is 11.1 Å². The highest BCUT2D eigenvalue weighted by Crippen LogP contribution is 2.20. The lowest BCUT2D eigenvalue weighted by molar-refractivity contribution is -0.122. The van der Waals surface area contributed by atoms with E-state index >= 15 is 0 Å². The van der Waals surface area contributed by atoms with Crippen molar-refractivity contribution in [2.75, 3.05) is 12.8 Å². The Hall–Kier alpha value is -1.46. The predicted molar refractivity (Wildman–Crippen MR) is 90.6 cm³/mol. The first-order valence-corrected chi connectivity index (χ1v) is 8.29. The summed E-state index contributed by atoms with van der Waals surface area (Å²) in [4.78, 5) is 15.3. The van der Waals surface area contributed by atoms with Gasteiger partial charge in [-0.3, -0.25) is 4.79 Å². The Morgan fingerprint density at radius 2 is 2.14 bits per heavy atom. The zero-order valence-corrected chi connectivity index (χ0v) is 13.6. The topological polar surface area (TPSA) is 70.9 Å². The van der Waals surface area contributed by atoms with Crippen molar-refractivity contribution in [2.24, 2.45) is 5.73 Å². The third-order valence-corrected chi connectivity index (χ3v) is 4.94. The average molecular weight is 305 g/mol. The molecule has 0 saturated heterocycles. The summed E-state index contributed by atoms with van der Waals surface area (Å²) in [6.07, 6.45) is 4.51. The molecule has 4 N–H and O–H groups in total. The molecule has 21 heavy (non-hydrogen) atoms. The lowest BCUT2D eigenvalue weighted by Gasteiger charge is -2.23. The number of nitrogens with one attached hydrogen (secondary N) is 2. The van der Waals surface area contributed by atoms with E-state index < -0.39 is 6.04 Å². The summed E-state index contributed by atoms with van der Waals surface area (Å²) in [5.41, 5.74) is 8.19. The van der Waals surface area contributed by atoms with E-state index in [1.165, 1.54) is 0 Å². The van der Waals surface area contributed by atoms with Crippen LogP contribution >= 0.6 is 11.8 Å². The third-order valence-electron chi connectivity index (χ3n) is 3.69. The molecule has 0 spiro atoms. The normalized spacial score (nSPS) is 13.3. The molecule has 2 aromatic rings. The highest BCUT2D eigenvalue weighted by molar-refractivity contribution is 7.99. The minimum absolute atomic E-state index is 0.0240. The quantitative estimate of drug-likeness (QED) is 0.767.